The summed E-state index contributed by atoms with van der Waals surface area (Å²) >= 11 is 0. The minimum atomic E-state index is -3.00. The Kier molecular flexibility index (Phi) is 7.44. The molecule has 0 aliphatic carbocycles. The third-order valence-electron chi connectivity index (χ3n) is 6.33. The van der Waals surface area contributed by atoms with E-state index in [4.69, 9.17) is 0 Å². The van der Waals surface area contributed by atoms with E-state index >= 15 is 0 Å². The van der Waals surface area contributed by atoms with Crippen LogP contribution in [0.5, 0.6) is 0 Å². The molecule has 32 heavy (non-hydrogen) atoms. The zero-order valence-corrected chi connectivity index (χ0v) is 19.2. The minimum absolute atomic E-state index is 0.0570. The summed E-state index contributed by atoms with van der Waals surface area (Å²) in [6.07, 6.45) is 0. The van der Waals surface area contributed by atoms with Crippen LogP contribution in [0.25, 0.3) is 0 Å². The summed E-state index contributed by atoms with van der Waals surface area (Å²) in [7, 11) is -3.00. The van der Waals surface area contributed by atoms with Gasteiger partial charge >= 0.3 is 0 Å². The number of sulfone groups is 1. The molecule has 4 rings (SSSR count). The van der Waals surface area contributed by atoms with Crippen molar-refractivity contribution in [3.05, 3.63) is 66.2 Å². The zero-order chi connectivity index (χ0) is 22.4. The summed E-state index contributed by atoms with van der Waals surface area (Å²) in [6, 6.07) is 19.6. The van der Waals surface area contributed by atoms with E-state index in [1.807, 2.05) is 41.3 Å². The summed E-state index contributed by atoms with van der Waals surface area (Å²) in [6.45, 7) is 6.06. The van der Waals surface area contributed by atoms with E-state index in [0.29, 0.717) is 19.6 Å². The molecule has 2 heterocycles. The van der Waals surface area contributed by atoms with Crippen molar-refractivity contribution in [3.63, 3.8) is 0 Å². The van der Waals surface area contributed by atoms with E-state index < -0.39 is 15.9 Å². The zero-order valence-electron chi connectivity index (χ0n) is 18.4. The molecule has 2 aliphatic heterocycles. The van der Waals surface area contributed by atoms with Crippen LogP contribution in [0, 0.1) is 0 Å². The lowest BCUT2D eigenvalue weighted by Gasteiger charge is -2.36. The van der Waals surface area contributed by atoms with Gasteiger partial charge < -0.3 is 10.2 Å². The molecule has 0 bridgehead atoms. The molecule has 1 atom stereocenters. The lowest BCUT2D eigenvalue weighted by atomic mass is 10.0. The van der Waals surface area contributed by atoms with E-state index in [1.165, 1.54) is 5.69 Å². The Morgan fingerprint density at radius 2 is 1.44 bits per heavy atom. The number of carbonyl (C=O) groups is 1. The quantitative estimate of drug-likeness (QED) is 0.679. The summed E-state index contributed by atoms with van der Waals surface area (Å²) in [5.74, 6) is 0.156. The number of hydrogen-bond donors (Lipinski definition) is 1. The first kappa shape index (κ1) is 22.8. The first-order chi connectivity index (χ1) is 15.5. The molecule has 0 radical (unpaired) electrons. The third kappa shape index (κ3) is 5.88. The molecule has 1 amide bonds. The van der Waals surface area contributed by atoms with Crippen LogP contribution in [0.2, 0.25) is 0 Å². The minimum Gasteiger partial charge on any atom is -0.369 e. The number of rotatable bonds is 7. The molecule has 0 saturated carbocycles. The molecule has 1 unspecified atom stereocenters. The Labute approximate surface area is 190 Å². The van der Waals surface area contributed by atoms with Crippen molar-refractivity contribution in [1.82, 2.24) is 15.1 Å². The van der Waals surface area contributed by atoms with Crippen LogP contribution in [0.4, 0.5) is 5.69 Å². The second kappa shape index (κ2) is 10.5. The fourth-order valence-corrected chi connectivity index (χ4v) is 5.68. The van der Waals surface area contributed by atoms with Crippen molar-refractivity contribution < 1.29 is 13.2 Å². The number of hydrogen-bond acceptors (Lipinski definition) is 6. The van der Waals surface area contributed by atoms with Gasteiger partial charge in [0.2, 0.25) is 5.91 Å². The van der Waals surface area contributed by atoms with Crippen LogP contribution < -0.4 is 10.2 Å². The Balaban J connectivity index is 1.29. The number of nitrogens with one attached hydrogen (secondary N) is 1. The van der Waals surface area contributed by atoms with Gasteiger partial charge in [0.25, 0.3) is 0 Å². The SMILES string of the molecule is O=C(NCCN1CCN(c2ccccc2)CC1)C(c1ccccc1)N1CCS(=O)(=O)CC1. The summed E-state index contributed by atoms with van der Waals surface area (Å²) in [5, 5.41) is 3.10. The molecule has 2 aliphatic rings. The van der Waals surface area contributed by atoms with Crippen LogP contribution in [-0.2, 0) is 14.6 Å². The van der Waals surface area contributed by atoms with Gasteiger partial charge in [0.05, 0.1) is 11.5 Å². The Morgan fingerprint density at radius 3 is 2.06 bits per heavy atom. The number of carbonyl (C=O) groups excluding carboxylic acids is 1. The molecule has 7 nitrogen and oxygen atoms in total. The number of piperazine rings is 1. The summed E-state index contributed by atoms with van der Waals surface area (Å²) in [5.41, 5.74) is 2.16. The molecule has 1 N–H and O–H groups in total. The van der Waals surface area contributed by atoms with Crippen molar-refractivity contribution in [2.24, 2.45) is 0 Å². The third-order valence-corrected chi connectivity index (χ3v) is 7.94. The van der Waals surface area contributed by atoms with Gasteiger partial charge in [0, 0.05) is 58.0 Å². The fourth-order valence-electron chi connectivity index (χ4n) is 4.45. The lowest BCUT2D eigenvalue weighted by Crippen LogP contribution is -2.50. The highest BCUT2D eigenvalue weighted by atomic mass is 32.2. The maximum atomic E-state index is 13.2. The summed E-state index contributed by atoms with van der Waals surface area (Å²) in [4.78, 5) is 19.9. The standard InChI is InChI=1S/C24H32N4O3S/c29-24(23(21-7-3-1-4-8-21)28-17-19-32(30,31)20-18-28)25-11-12-26-13-15-27(16-14-26)22-9-5-2-6-10-22/h1-10,23H,11-20H2,(H,25,29). The monoisotopic (exact) mass is 456 g/mol. The van der Waals surface area contributed by atoms with Gasteiger partial charge in [0.15, 0.2) is 9.84 Å². The van der Waals surface area contributed by atoms with Crippen LogP contribution in [-0.4, -0.2) is 88.0 Å². The second-order valence-corrected chi connectivity index (χ2v) is 10.8. The van der Waals surface area contributed by atoms with Gasteiger partial charge in [-0.25, -0.2) is 8.42 Å². The molecule has 2 aromatic carbocycles. The first-order valence-corrected chi connectivity index (χ1v) is 13.1. The van der Waals surface area contributed by atoms with Gasteiger partial charge in [-0.2, -0.15) is 0 Å². The molecule has 172 valence electrons. The van der Waals surface area contributed by atoms with E-state index in [-0.39, 0.29) is 17.4 Å². The molecule has 0 spiro atoms. The molecular formula is C24H32N4O3S. The first-order valence-electron chi connectivity index (χ1n) is 11.3. The Bertz CT molecular complexity index is 963. The van der Waals surface area contributed by atoms with Gasteiger partial charge in [0.1, 0.15) is 6.04 Å². The van der Waals surface area contributed by atoms with Crippen molar-refractivity contribution in [2.45, 2.75) is 6.04 Å². The number of anilines is 1. The maximum absolute atomic E-state index is 13.2. The van der Waals surface area contributed by atoms with Gasteiger partial charge in [-0.15, -0.1) is 0 Å². The highest BCUT2D eigenvalue weighted by molar-refractivity contribution is 7.91. The van der Waals surface area contributed by atoms with E-state index in [1.54, 1.807) is 0 Å². The number of amides is 1. The topological polar surface area (TPSA) is 73.0 Å². The van der Waals surface area contributed by atoms with Crippen molar-refractivity contribution in [2.75, 3.05) is 68.8 Å². The normalized spacial score (nSPS) is 20.6. The van der Waals surface area contributed by atoms with E-state index in [2.05, 4.69) is 39.4 Å². The van der Waals surface area contributed by atoms with E-state index in [0.717, 1.165) is 38.3 Å². The van der Waals surface area contributed by atoms with Crippen LogP contribution in [0.15, 0.2) is 60.7 Å². The number of para-hydroxylation sites is 1. The molecule has 2 aromatic rings. The van der Waals surface area contributed by atoms with Gasteiger partial charge in [-0.3, -0.25) is 14.6 Å². The predicted octanol–water partition coefficient (Wildman–Crippen LogP) is 1.40. The molecular weight excluding hydrogens is 424 g/mol. The van der Waals surface area contributed by atoms with Crippen LogP contribution in [0.1, 0.15) is 11.6 Å². The number of benzene rings is 2. The second-order valence-electron chi connectivity index (χ2n) is 8.46. The van der Waals surface area contributed by atoms with Crippen molar-refractivity contribution in [1.29, 1.82) is 0 Å². The van der Waals surface area contributed by atoms with Gasteiger partial charge in [-0.05, 0) is 17.7 Å². The Hall–Kier alpha value is -2.42. The highest BCUT2D eigenvalue weighted by Crippen LogP contribution is 2.23. The molecule has 2 fully saturated rings. The smallest absolute Gasteiger partial charge is 0.242 e. The molecule has 8 heteroatoms. The van der Waals surface area contributed by atoms with Crippen LogP contribution in [0.3, 0.4) is 0 Å². The number of nitrogens with zero attached hydrogens (tertiary/aromatic N) is 3. The average Bonchev–Trinajstić information content (AvgIpc) is 2.82. The Morgan fingerprint density at radius 1 is 0.844 bits per heavy atom. The van der Waals surface area contributed by atoms with E-state index in [9.17, 15) is 13.2 Å². The fraction of sp³-hybridized carbons (Fsp3) is 0.458. The molecule has 0 aromatic heterocycles. The van der Waals surface area contributed by atoms with Crippen molar-refractivity contribution >= 4 is 21.4 Å². The van der Waals surface area contributed by atoms with Crippen LogP contribution >= 0.6 is 0 Å². The summed E-state index contributed by atoms with van der Waals surface area (Å²) < 4.78 is 23.7. The largest absolute Gasteiger partial charge is 0.369 e. The lowest BCUT2D eigenvalue weighted by molar-refractivity contribution is -0.126. The maximum Gasteiger partial charge on any atom is 0.242 e. The predicted molar refractivity (Wildman–Crippen MR) is 128 cm³/mol. The van der Waals surface area contributed by atoms with Crippen molar-refractivity contribution in [3.8, 4) is 0 Å². The molecule has 2 saturated heterocycles. The average molecular weight is 457 g/mol. The highest BCUT2D eigenvalue weighted by Gasteiger charge is 2.32. The van der Waals surface area contributed by atoms with Gasteiger partial charge in [-0.1, -0.05) is 48.5 Å².